The predicted octanol–water partition coefficient (Wildman–Crippen LogP) is -0.0881. The Bertz CT molecular complexity index is 826. The summed E-state index contributed by atoms with van der Waals surface area (Å²) in [6.45, 7) is 4.39. The fourth-order valence-corrected chi connectivity index (χ4v) is 4.32. The number of amides is 2. The summed E-state index contributed by atoms with van der Waals surface area (Å²) in [7, 11) is -4.17. The highest BCUT2D eigenvalue weighted by atomic mass is 32.2. The van der Waals surface area contributed by atoms with E-state index >= 15 is 0 Å². The van der Waals surface area contributed by atoms with E-state index in [9.17, 15) is 26.8 Å². The van der Waals surface area contributed by atoms with Crippen molar-refractivity contribution in [3.63, 3.8) is 0 Å². The zero-order chi connectivity index (χ0) is 20.9. The molecule has 0 bridgehead atoms. The lowest BCUT2D eigenvalue weighted by Crippen LogP contribution is -2.53. The van der Waals surface area contributed by atoms with Gasteiger partial charge in [-0.25, -0.2) is 17.2 Å². The number of rotatable bonds is 7. The molecule has 0 aromatic heterocycles. The van der Waals surface area contributed by atoms with Crippen molar-refractivity contribution in [2.75, 3.05) is 39.3 Å². The highest BCUT2D eigenvalue weighted by Gasteiger charge is 2.31. The molecule has 1 aromatic rings. The Balaban J connectivity index is 1.91. The highest BCUT2D eigenvalue weighted by Crippen LogP contribution is 2.21. The van der Waals surface area contributed by atoms with E-state index in [1.165, 1.54) is 0 Å². The lowest BCUT2D eigenvalue weighted by atomic mass is 10.3. The molecule has 1 fully saturated rings. The maximum atomic E-state index is 13.8. The molecule has 11 heteroatoms. The van der Waals surface area contributed by atoms with Crippen LogP contribution in [0, 0.1) is 11.6 Å². The van der Waals surface area contributed by atoms with E-state index in [4.69, 9.17) is 0 Å². The molecule has 1 heterocycles. The Morgan fingerprint density at radius 2 is 1.82 bits per heavy atom. The molecule has 8 nitrogen and oxygen atoms in total. The normalized spacial score (nSPS) is 17.1. The molecule has 1 aromatic carbocycles. The number of benzene rings is 1. The summed E-state index contributed by atoms with van der Waals surface area (Å²) < 4.78 is 53.3. The Kier molecular flexibility index (Phi) is 7.44. The standard InChI is InChI=1S/C17H24F2N4O4S/c1-3-20-17(25)12(2)21-16(24)11-22-6-8-23(9-7-22)28(26,27)15-10-13(18)4-5-14(15)19/h4-5,10,12H,3,6-9,11H2,1-2H3,(H,20,25)(H,21,24)/t12-/m0/s1. The molecule has 0 spiro atoms. The second-order valence-electron chi connectivity index (χ2n) is 6.44. The Hall–Kier alpha value is -2.11. The van der Waals surface area contributed by atoms with Crippen LogP contribution in [0.3, 0.4) is 0 Å². The quantitative estimate of drug-likeness (QED) is 0.645. The molecule has 1 aliphatic heterocycles. The van der Waals surface area contributed by atoms with Crippen LogP contribution in [0.25, 0.3) is 0 Å². The van der Waals surface area contributed by atoms with Gasteiger partial charge in [-0.2, -0.15) is 4.31 Å². The van der Waals surface area contributed by atoms with Crippen LogP contribution in [0.15, 0.2) is 23.1 Å². The average Bonchev–Trinajstić information content (AvgIpc) is 2.64. The highest BCUT2D eigenvalue weighted by molar-refractivity contribution is 7.89. The zero-order valence-corrected chi connectivity index (χ0v) is 16.6. The van der Waals surface area contributed by atoms with Crippen molar-refractivity contribution in [2.24, 2.45) is 0 Å². The van der Waals surface area contributed by atoms with Gasteiger partial charge in [0.05, 0.1) is 6.54 Å². The number of sulfonamides is 1. The maximum absolute atomic E-state index is 13.8. The third-order valence-electron chi connectivity index (χ3n) is 4.33. The smallest absolute Gasteiger partial charge is 0.246 e. The average molecular weight is 418 g/mol. The monoisotopic (exact) mass is 418 g/mol. The first-order valence-corrected chi connectivity index (χ1v) is 10.3. The van der Waals surface area contributed by atoms with Gasteiger partial charge in [-0.05, 0) is 32.0 Å². The molecular weight excluding hydrogens is 394 g/mol. The van der Waals surface area contributed by atoms with Gasteiger partial charge in [-0.3, -0.25) is 14.5 Å². The van der Waals surface area contributed by atoms with Gasteiger partial charge in [-0.15, -0.1) is 0 Å². The lowest BCUT2D eigenvalue weighted by Gasteiger charge is -2.33. The molecule has 2 N–H and O–H groups in total. The number of hydrogen-bond acceptors (Lipinski definition) is 5. The zero-order valence-electron chi connectivity index (χ0n) is 15.7. The third-order valence-corrected chi connectivity index (χ3v) is 6.24. The Morgan fingerprint density at radius 3 is 2.43 bits per heavy atom. The van der Waals surface area contributed by atoms with Gasteiger partial charge >= 0.3 is 0 Å². The SMILES string of the molecule is CCNC(=O)[C@H](C)NC(=O)CN1CCN(S(=O)(=O)c2cc(F)ccc2F)CC1. The van der Waals surface area contributed by atoms with Crippen LogP contribution in [0.1, 0.15) is 13.8 Å². The first-order valence-electron chi connectivity index (χ1n) is 8.89. The van der Waals surface area contributed by atoms with E-state index in [0.29, 0.717) is 12.6 Å². The van der Waals surface area contributed by atoms with Gasteiger partial charge in [0.2, 0.25) is 21.8 Å². The summed E-state index contributed by atoms with van der Waals surface area (Å²) in [4.78, 5) is 24.7. The molecule has 0 saturated carbocycles. The van der Waals surface area contributed by atoms with E-state index in [1.54, 1.807) is 18.7 Å². The molecule has 0 unspecified atom stereocenters. The van der Waals surface area contributed by atoms with Crippen molar-refractivity contribution in [1.82, 2.24) is 19.8 Å². The van der Waals surface area contributed by atoms with E-state index in [-0.39, 0.29) is 44.5 Å². The van der Waals surface area contributed by atoms with Crippen molar-refractivity contribution >= 4 is 21.8 Å². The van der Waals surface area contributed by atoms with Gasteiger partial charge in [0.25, 0.3) is 0 Å². The molecule has 1 saturated heterocycles. The summed E-state index contributed by atoms with van der Waals surface area (Å²) >= 11 is 0. The Morgan fingerprint density at radius 1 is 1.18 bits per heavy atom. The van der Waals surface area contributed by atoms with Gasteiger partial charge in [0, 0.05) is 32.7 Å². The summed E-state index contributed by atoms with van der Waals surface area (Å²) in [5, 5.41) is 5.18. The number of likely N-dealkylation sites (N-methyl/N-ethyl adjacent to an activating group) is 1. The van der Waals surface area contributed by atoms with E-state index < -0.39 is 32.6 Å². The molecule has 28 heavy (non-hydrogen) atoms. The third kappa shape index (κ3) is 5.46. The number of nitrogens with one attached hydrogen (secondary N) is 2. The van der Waals surface area contributed by atoms with Gasteiger partial charge in [0.15, 0.2) is 0 Å². The van der Waals surface area contributed by atoms with E-state index in [0.717, 1.165) is 16.4 Å². The van der Waals surface area contributed by atoms with E-state index in [1.807, 2.05) is 0 Å². The second kappa shape index (κ2) is 9.39. The summed E-state index contributed by atoms with van der Waals surface area (Å²) in [6, 6.07) is 1.61. The minimum atomic E-state index is -4.17. The molecule has 2 rings (SSSR count). The van der Waals surface area contributed by atoms with Gasteiger partial charge in [0.1, 0.15) is 22.6 Å². The molecule has 1 aliphatic rings. The molecule has 1 atom stereocenters. The number of nitrogens with zero attached hydrogens (tertiary/aromatic N) is 2. The fraction of sp³-hybridized carbons (Fsp3) is 0.529. The second-order valence-corrected chi connectivity index (χ2v) is 8.35. The fourth-order valence-electron chi connectivity index (χ4n) is 2.83. The van der Waals surface area contributed by atoms with Gasteiger partial charge < -0.3 is 10.6 Å². The lowest BCUT2D eigenvalue weighted by molar-refractivity contribution is -0.129. The van der Waals surface area contributed by atoms with Crippen LogP contribution in [0.4, 0.5) is 8.78 Å². The number of carbonyl (C=O) groups excluding carboxylic acids is 2. The first-order chi connectivity index (χ1) is 13.1. The van der Waals surface area contributed by atoms with Crippen molar-refractivity contribution in [1.29, 1.82) is 0 Å². The van der Waals surface area contributed by atoms with Crippen molar-refractivity contribution in [3.05, 3.63) is 29.8 Å². The van der Waals surface area contributed by atoms with Crippen molar-refractivity contribution in [3.8, 4) is 0 Å². The first kappa shape index (κ1) is 22.2. The van der Waals surface area contributed by atoms with Crippen LogP contribution in [-0.4, -0.2) is 74.7 Å². The maximum Gasteiger partial charge on any atom is 0.246 e. The molecular formula is C17H24F2N4O4S. The summed E-state index contributed by atoms with van der Waals surface area (Å²) in [6.07, 6.45) is 0. The van der Waals surface area contributed by atoms with Crippen LogP contribution < -0.4 is 10.6 Å². The van der Waals surface area contributed by atoms with Crippen LogP contribution >= 0.6 is 0 Å². The molecule has 156 valence electrons. The number of piperazine rings is 1. The predicted molar refractivity (Wildman–Crippen MR) is 97.8 cm³/mol. The van der Waals surface area contributed by atoms with Crippen LogP contribution in [0.2, 0.25) is 0 Å². The molecule has 2 amide bonds. The van der Waals surface area contributed by atoms with Crippen LogP contribution in [0.5, 0.6) is 0 Å². The number of carbonyl (C=O) groups is 2. The van der Waals surface area contributed by atoms with Crippen LogP contribution in [-0.2, 0) is 19.6 Å². The number of halogens is 2. The Labute approximate surface area is 162 Å². The summed E-state index contributed by atoms with van der Waals surface area (Å²) in [5.41, 5.74) is 0. The molecule has 0 aliphatic carbocycles. The van der Waals surface area contributed by atoms with Gasteiger partial charge in [-0.1, -0.05) is 0 Å². The van der Waals surface area contributed by atoms with Crippen molar-refractivity contribution in [2.45, 2.75) is 24.8 Å². The van der Waals surface area contributed by atoms with Crippen molar-refractivity contribution < 1.29 is 26.8 Å². The van der Waals surface area contributed by atoms with E-state index in [2.05, 4.69) is 10.6 Å². The summed E-state index contributed by atoms with van der Waals surface area (Å²) in [5.74, 6) is -2.49. The largest absolute Gasteiger partial charge is 0.355 e. The number of hydrogen-bond donors (Lipinski definition) is 2. The minimum absolute atomic E-state index is 0.00591. The minimum Gasteiger partial charge on any atom is -0.355 e. The topological polar surface area (TPSA) is 98.8 Å². The molecule has 0 radical (unpaired) electrons.